The molecule has 0 aliphatic rings. The first-order valence-electron chi connectivity index (χ1n) is 7.12. The minimum atomic E-state index is -1.50. The highest BCUT2D eigenvalue weighted by molar-refractivity contribution is 7.09. The van der Waals surface area contributed by atoms with E-state index in [2.05, 4.69) is 4.98 Å². The molecule has 1 rings (SSSR count). The van der Waals surface area contributed by atoms with Gasteiger partial charge in [0.05, 0.1) is 6.04 Å². The summed E-state index contributed by atoms with van der Waals surface area (Å²) in [6, 6.07) is -0.314. The second-order valence-corrected chi connectivity index (χ2v) is 11.4. The van der Waals surface area contributed by atoms with Crippen molar-refractivity contribution in [2.75, 3.05) is 7.05 Å². The Kier molecular flexibility index (Phi) is 8.74. The largest absolute Gasteiger partial charge is 0.336 e. The highest BCUT2D eigenvalue weighted by Gasteiger charge is 2.36. The molecule has 1 heterocycles. The smallest absolute Gasteiger partial charge is 0.223 e. The lowest BCUT2D eigenvalue weighted by Crippen LogP contribution is -2.36. The van der Waals surface area contributed by atoms with Gasteiger partial charge in [0.15, 0.2) is 7.59 Å². The summed E-state index contributed by atoms with van der Waals surface area (Å²) in [6.45, 7) is 3.52. The highest BCUT2D eigenvalue weighted by Crippen LogP contribution is 2.42. The standard InChI is InChI=1S/C14H18Cl6N2OS/c1-8(13(15,16)17)6-10(12-21-4-5-24-12)22(3)11(23)7-9(2)14(18,19)20/h4-5,8-10H,6-7H2,1-3H3. The second-order valence-electron chi connectivity index (χ2n) is 5.72. The molecule has 0 fully saturated rings. The summed E-state index contributed by atoms with van der Waals surface area (Å²) in [7, 11) is 1.69. The first-order valence-corrected chi connectivity index (χ1v) is 10.3. The predicted molar refractivity (Wildman–Crippen MR) is 106 cm³/mol. The van der Waals surface area contributed by atoms with Gasteiger partial charge < -0.3 is 4.90 Å². The minimum absolute atomic E-state index is 0.0943. The van der Waals surface area contributed by atoms with E-state index in [4.69, 9.17) is 69.6 Å². The van der Waals surface area contributed by atoms with Crippen LogP contribution in [0.15, 0.2) is 11.6 Å². The van der Waals surface area contributed by atoms with Crippen LogP contribution in [0.5, 0.6) is 0 Å². The van der Waals surface area contributed by atoms with E-state index in [1.54, 1.807) is 25.1 Å². The van der Waals surface area contributed by atoms with Crippen molar-refractivity contribution in [2.45, 2.75) is 40.3 Å². The SMILES string of the molecule is CC(CC(=O)N(C)C(CC(C)C(Cl)(Cl)Cl)c1nccs1)C(Cl)(Cl)Cl. The molecule has 0 spiro atoms. The van der Waals surface area contributed by atoms with Crippen LogP contribution >= 0.6 is 80.9 Å². The molecule has 3 nitrogen and oxygen atoms in total. The van der Waals surface area contributed by atoms with Crippen LogP contribution < -0.4 is 0 Å². The Hall–Kier alpha value is 0.840. The average molecular weight is 475 g/mol. The number of rotatable bonds is 6. The summed E-state index contributed by atoms with van der Waals surface area (Å²) < 4.78 is -2.93. The van der Waals surface area contributed by atoms with Crippen molar-refractivity contribution in [3.63, 3.8) is 0 Å². The number of carbonyl (C=O) groups excluding carboxylic acids is 1. The maximum atomic E-state index is 12.6. The van der Waals surface area contributed by atoms with Gasteiger partial charge in [-0.05, 0) is 6.42 Å². The van der Waals surface area contributed by atoms with Crippen molar-refractivity contribution in [3.8, 4) is 0 Å². The zero-order valence-electron chi connectivity index (χ0n) is 13.3. The Morgan fingerprint density at radius 1 is 1.17 bits per heavy atom. The van der Waals surface area contributed by atoms with Gasteiger partial charge in [-0.15, -0.1) is 11.3 Å². The molecule has 138 valence electrons. The zero-order valence-corrected chi connectivity index (χ0v) is 18.6. The molecule has 0 radical (unpaired) electrons. The Morgan fingerprint density at radius 3 is 2.12 bits per heavy atom. The number of alkyl halides is 6. The lowest BCUT2D eigenvalue weighted by Gasteiger charge is -2.32. The van der Waals surface area contributed by atoms with E-state index in [0.717, 1.165) is 5.01 Å². The number of aromatic nitrogens is 1. The van der Waals surface area contributed by atoms with E-state index in [0.29, 0.717) is 6.42 Å². The van der Waals surface area contributed by atoms with Crippen LogP contribution in [0.2, 0.25) is 0 Å². The molecule has 0 bridgehead atoms. The van der Waals surface area contributed by atoms with Crippen molar-refractivity contribution in [1.82, 2.24) is 9.88 Å². The molecular weight excluding hydrogens is 457 g/mol. The molecule has 0 aliphatic carbocycles. The lowest BCUT2D eigenvalue weighted by atomic mass is 10.0. The van der Waals surface area contributed by atoms with Gasteiger partial charge in [0.25, 0.3) is 0 Å². The van der Waals surface area contributed by atoms with Crippen LogP contribution in [-0.2, 0) is 4.79 Å². The van der Waals surface area contributed by atoms with Gasteiger partial charge in [-0.3, -0.25) is 4.79 Å². The summed E-state index contributed by atoms with van der Waals surface area (Å²) in [4.78, 5) is 18.5. The first-order chi connectivity index (χ1) is 10.8. The molecule has 24 heavy (non-hydrogen) atoms. The predicted octanol–water partition coefficient (Wildman–Crippen LogP) is 6.44. The van der Waals surface area contributed by atoms with Gasteiger partial charge in [0, 0.05) is 36.9 Å². The Bertz CT molecular complexity index is 528. The Labute approximate surface area is 176 Å². The fraction of sp³-hybridized carbons (Fsp3) is 0.714. The monoisotopic (exact) mass is 472 g/mol. The first kappa shape index (κ1) is 22.9. The molecule has 1 aromatic rings. The van der Waals surface area contributed by atoms with Crippen LogP contribution in [0.3, 0.4) is 0 Å². The van der Waals surface area contributed by atoms with Crippen LogP contribution in [0.4, 0.5) is 0 Å². The lowest BCUT2D eigenvalue weighted by molar-refractivity contribution is -0.133. The van der Waals surface area contributed by atoms with E-state index >= 15 is 0 Å². The van der Waals surface area contributed by atoms with Crippen LogP contribution in [0.1, 0.15) is 37.7 Å². The number of hydrogen-bond acceptors (Lipinski definition) is 3. The topological polar surface area (TPSA) is 33.2 Å². The third-order valence-corrected chi connectivity index (χ3v) is 6.88. The maximum absolute atomic E-state index is 12.6. The number of halogens is 6. The molecule has 0 aromatic carbocycles. The number of nitrogens with zero attached hydrogens (tertiary/aromatic N) is 2. The molecule has 0 aliphatic heterocycles. The third kappa shape index (κ3) is 6.86. The molecule has 3 atom stereocenters. The Morgan fingerprint density at radius 2 is 1.71 bits per heavy atom. The summed E-state index contributed by atoms with van der Waals surface area (Å²) in [5.41, 5.74) is 0. The Balaban J connectivity index is 2.93. The van der Waals surface area contributed by atoms with E-state index < -0.39 is 13.5 Å². The van der Waals surface area contributed by atoms with Gasteiger partial charge in [0.1, 0.15) is 5.01 Å². The summed E-state index contributed by atoms with van der Waals surface area (Å²) >= 11 is 36.9. The van der Waals surface area contributed by atoms with Crippen molar-refractivity contribution in [1.29, 1.82) is 0 Å². The summed E-state index contributed by atoms with van der Waals surface area (Å²) in [6.07, 6.45) is 2.22. The number of amides is 1. The molecular formula is C14H18Cl6N2OS. The van der Waals surface area contributed by atoms with Crippen LogP contribution in [-0.4, -0.2) is 30.4 Å². The van der Waals surface area contributed by atoms with E-state index in [1.165, 1.54) is 11.3 Å². The quantitative estimate of drug-likeness (QED) is 0.445. The van der Waals surface area contributed by atoms with Gasteiger partial charge >= 0.3 is 0 Å². The summed E-state index contributed by atoms with van der Waals surface area (Å²) in [5.74, 6) is -0.872. The second kappa shape index (κ2) is 9.16. The van der Waals surface area contributed by atoms with Gasteiger partial charge in [-0.1, -0.05) is 83.5 Å². The molecule has 0 N–H and O–H groups in total. The molecule has 10 heteroatoms. The molecule has 3 unspecified atom stereocenters. The van der Waals surface area contributed by atoms with Crippen LogP contribution in [0.25, 0.3) is 0 Å². The van der Waals surface area contributed by atoms with E-state index in [-0.39, 0.29) is 24.3 Å². The van der Waals surface area contributed by atoms with Crippen LogP contribution in [0, 0.1) is 11.8 Å². The van der Waals surface area contributed by atoms with Gasteiger partial charge in [-0.25, -0.2) is 4.98 Å². The van der Waals surface area contributed by atoms with Crippen molar-refractivity contribution >= 4 is 86.8 Å². The summed E-state index contributed by atoms with van der Waals surface area (Å²) in [5, 5.41) is 2.61. The third-order valence-electron chi connectivity index (χ3n) is 3.77. The normalized spacial score (nSPS) is 16.5. The maximum Gasteiger partial charge on any atom is 0.223 e. The molecule has 0 saturated carbocycles. The van der Waals surface area contributed by atoms with Crippen molar-refractivity contribution in [2.24, 2.45) is 11.8 Å². The molecule has 0 saturated heterocycles. The number of thiazole rings is 1. The van der Waals surface area contributed by atoms with E-state index in [1.807, 2.05) is 12.3 Å². The van der Waals surface area contributed by atoms with Gasteiger partial charge in [0.2, 0.25) is 5.91 Å². The van der Waals surface area contributed by atoms with Gasteiger partial charge in [-0.2, -0.15) is 0 Å². The molecule has 1 amide bonds. The number of carbonyl (C=O) groups is 1. The highest BCUT2D eigenvalue weighted by atomic mass is 35.6. The molecule has 1 aromatic heterocycles. The fourth-order valence-corrected chi connectivity index (χ4v) is 3.28. The zero-order chi connectivity index (χ0) is 18.7. The fourth-order valence-electron chi connectivity index (χ4n) is 1.99. The van der Waals surface area contributed by atoms with Crippen molar-refractivity contribution < 1.29 is 4.79 Å². The van der Waals surface area contributed by atoms with E-state index in [9.17, 15) is 4.79 Å². The number of hydrogen-bond donors (Lipinski definition) is 0. The minimum Gasteiger partial charge on any atom is -0.336 e. The van der Waals surface area contributed by atoms with Crippen molar-refractivity contribution in [3.05, 3.63) is 16.6 Å². The average Bonchev–Trinajstić information content (AvgIpc) is 2.95.